The first-order valence-corrected chi connectivity index (χ1v) is 9.71. The lowest BCUT2D eigenvalue weighted by Crippen LogP contribution is -2.48. The quantitative estimate of drug-likeness (QED) is 0.795. The second-order valence-electron chi connectivity index (χ2n) is 7.34. The molecule has 2 fully saturated rings. The van der Waals surface area contributed by atoms with E-state index in [1.54, 1.807) is 6.08 Å². The molecule has 0 saturated carbocycles. The zero-order chi connectivity index (χ0) is 19.1. The Balaban J connectivity index is 1.39. The second kappa shape index (κ2) is 9.67. The Bertz CT molecular complexity index is 654. The van der Waals surface area contributed by atoms with Gasteiger partial charge in [-0.2, -0.15) is 0 Å². The molecule has 27 heavy (non-hydrogen) atoms. The Morgan fingerprint density at radius 3 is 2.63 bits per heavy atom. The molecule has 0 bridgehead atoms. The normalized spacial score (nSPS) is 22.1. The third-order valence-electron chi connectivity index (χ3n) is 5.24. The summed E-state index contributed by atoms with van der Waals surface area (Å²) in [6.07, 6.45) is 4.94. The largest absolute Gasteiger partial charge is 0.374 e. The van der Waals surface area contributed by atoms with Gasteiger partial charge in [-0.05, 0) is 31.5 Å². The first kappa shape index (κ1) is 19.6. The molecule has 0 unspecified atom stereocenters. The van der Waals surface area contributed by atoms with E-state index in [1.165, 1.54) is 0 Å². The zero-order valence-electron chi connectivity index (χ0n) is 16.0. The number of hydrogen-bond donors (Lipinski definition) is 1. The maximum absolute atomic E-state index is 12.4. The molecule has 0 aromatic heterocycles. The molecule has 0 radical (unpaired) electrons. The summed E-state index contributed by atoms with van der Waals surface area (Å²) in [5.41, 5.74) is 1.01. The van der Waals surface area contributed by atoms with E-state index in [0.717, 1.165) is 18.7 Å². The molecule has 2 aliphatic heterocycles. The van der Waals surface area contributed by atoms with Gasteiger partial charge in [0.2, 0.25) is 11.8 Å². The Hall–Kier alpha value is -2.18. The predicted octanol–water partition coefficient (Wildman–Crippen LogP) is 1.39. The van der Waals surface area contributed by atoms with Crippen LogP contribution in [-0.2, 0) is 14.3 Å². The maximum Gasteiger partial charge on any atom is 0.246 e. The average Bonchev–Trinajstić information content (AvgIpc) is 2.71. The number of benzene rings is 1. The molecule has 6 nitrogen and oxygen atoms in total. The van der Waals surface area contributed by atoms with Crippen molar-refractivity contribution in [1.82, 2.24) is 15.1 Å². The Kier molecular flexibility index (Phi) is 7.01. The van der Waals surface area contributed by atoms with Gasteiger partial charge < -0.3 is 19.9 Å². The van der Waals surface area contributed by atoms with E-state index >= 15 is 0 Å². The van der Waals surface area contributed by atoms with Crippen LogP contribution in [-0.4, -0.2) is 74.1 Å². The minimum absolute atomic E-state index is 0.0105. The zero-order valence-corrected chi connectivity index (χ0v) is 16.0. The highest BCUT2D eigenvalue weighted by Gasteiger charge is 2.27. The first-order chi connectivity index (χ1) is 13.1. The van der Waals surface area contributed by atoms with Crippen LogP contribution in [0.3, 0.4) is 0 Å². The highest BCUT2D eigenvalue weighted by molar-refractivity contribution is 5.92. The molecular formula is C21H29N3O3. The van der Waals surface area contributed by atoms with Crippen molar-refractivity contribution in [2.45, 2.75) is 18.9 Å². The standard InChI is InChI=1S/C21H29N3O3/c1-23-13-14-27-19(16-23)15-22-21(26)18-9-11-24(12-10-18)20(25)8-7-17-5-3-2-4-6-17/h2-8,18-19H,9-16H2,1H3,(H,22,26)/b8-7-/t19-/m0/s1. The monoisotopic (exact) mass is 371 g/mol. The van der Waals surface area contributed by atoms with Crippen LogP contribution in [0.2, 0.25) is 0 Å². The average molecular weight is 371 g/mol. The molecule has 1 aromatic carbocycles. The molecule has 2 aliphatic rings. The van der Waals surface area contributed by atoms with Crippen molar-refractivity contribution in [1.29, 1.82) is 0 Å². The van der Waals surface area contributed by atoms with Gasteiger partial charge in [0.1, 0.15) is 0 Å². The number of morpholine rings is 1. The fourth-order valence-corrected chi connectivity index (χ4v) is 3.55. The molecule has 2 saturated heterocycles. The number of amides is 2. The minimum Gasteiger partial charge on any atom is -0.374 e. The van der Waals surface area contributed by atoms with Crippen LogP contribution in [0.4, 0.5) is 0 Å². The van der Waals surface area contributed by atoms with Crippen LogP contribution in [0, 0.1) is 5.92 Å². The second-order valence-corrected chi connectivity index (χ2v) is 7.34. The summed E-state index contributed by atoms with van der Waals surface area (Å²) in [4.78, 5) is 28.8. The smallest absolute Gasteiger partial charge is 0.246 e. The molecular weight excluding hydrogens is 342 g/mol. The predicted molar refractivity (Wildman–Crippen MR) is 105 cm³/mol. The number of likely N-dealkylation sites (N-methyl/N-ethyl adjacent to an activating group) is 1. The van der Waals surface area contributed by atoms with Gasteiger partial charge in [0.25, 0.3) is 0 Å². The Morgan fingerprint density at radius 2 is 1.93 bits per heavy atom. The molecule has 0 spiro atoms. The molecule has 6 heteroatoms. The van der Waals surface area contributed by atoms with Crippen LogP contribution in [0.25, 0.3) is 6.08 Å². The number of hydrogen-bond acceptors (Lipinski definition) is 4. The summed E-state index contributed by atoms with van der Waals surface area (Å²) in [7, 11) is 2.07. The van der Waals surface area contributed by atoms with Crippen molar-refractivity contribution >= 4 is 17.9 Å². The van der Waals surface area contributed by atoms with E-state index in [0.29, 0.717) is 39.1 Å². The lowest BCUT2D eigenvalue weighted by molar-refractivity contribution is -0.132. The maximum atomic E-state index is 12.4. The first-order valence-electron chi connectivity index (χ1n) is 9.71. The van der Waals surface area contributed by atoms with Gasteiger partial charge in [-0.25, -0.2) is 0 Å². The summed E-state index contributed by atoms with van der Waals surface area (Å²) >= 11 is 0. The van der Waals surface area contributed by atoms with E-state index in [-0.39, 0.29) is 23.8 Å². The van der Waals surface area contributed by atoms with Gasteiger partial charge in [-0.3, -0.25) is 9.59 Å². The lowest BCUT2D eigenvalue weighted by Gasteiger charge is -2.32. The molecule has 0 aliphatic carbocycles. The minimum atomic E-state index is -0.0199. The van der Waals surface area contributed by atoms with Gasteiger partial charge in [-0.1, -0.05) is 30.3 Å². The molecule has 146 valence electrons. The topological polar surface area (TPSA) is 61.9 Å². The van der Waals surface area contributed by atoms with Crippen LogP contribution >= 0.6 is 0 Å². The van der Waals surface area contributed by atoms with E-state index in [2.05, 4.69) is 17.3 Å². The number of nitrogens with one attached hydrogen (secondary N) is 1. The van der Waals surface area contributed by atoms with Crippen molar-refractivity contribution in [2.24, 2.45) is 5.92 Å². The van der Waals surface area contributed by atoms with Crippen LogP contribution in [0.15, 0.2) is 36.4 Å². The third kappa shape index (κ3) is 5.91. The van der Waals surface area contributed by atoms with Crippen LogP contribution in [0.5, 0.6) is 0 Å². The molecule has 1 aromatic rings. The number of carbonyl (C=O) groups is 2. The summed E-state index contributed by atoms with van der Waals surface area (Å²) in [5.74, 6) is 0.0728. The fourth-order valence-electron chi connectivity index (χ4n) is 3.55. The Morgan fingerprint density at radius 1 is 1.19 bits per heavy atom. The van der Waals surface area contributed by atoms with E-state index in [9.17, 15) is 9.59 Å². The van der Waals surface area contributed by atoms with Crippen molar-refractivity contribution in [2.75, 3.05) is 46.4 Å². The summed E-state index contributed by atoms with van der Waals surface area (Å²) < 4.78 is 5.68. The summed E-state index contributed by atoms with van der Waals surface area (Å²) in [6, 6.07) is 9.78. The lowest BCUT2D eigenvalue weighted by atomic mass is 9.95. The molecule has 1 N–H and O–H groups in total. The van der Waals surface area contributed by atoms with Gasteiger partial charge in [0, 0.05) is 44.7 Å². The van der Waals surface area contributed by atoms with E-state index in [1.807, 2.05) is 41.3 Å². The number of ether oxygens (including phenoxy) is 1. The Labute approximate surface area is 161 Å². The highest BCUT2D eigenvalue weighted by Crippen LogP contribution is 2.18. The number of piperidine rings is 1. The SMILES string of the molecule is CN1CCO[C@@H](CNC(=O)C2CCN(C(=O)/C=C\c3ccccc3)CC2)C1. The summed E-state index contributed by atoms with van der Waals surface area (Å²) in [6.45, 7) is 4.31. The molecule has 2 amide bonds. The molecule has 3 rings (SSSR count). The molecule has 2 heterocycles. The van der Waals surface area contributed by atoms with Gasteiger partial charge in [0.05, 0.1) is 12.7 Å². The molecule has 1 atom stereocenters. The van der Waals surface area contributed by atoms with Crippen LogP contribution < -0.4 is 5.32 Å². The highest BCUT2D eigenvalue weighted by atomic mass is 16.5. The van der Waals surface area contributed by atoms with Crippen molar-refractivity contribution in [3.05, 3.63) is 42.0 Å². The van der Waals surface area contributed by atoms with Gasteiger partial charge >= 0.3 is 0 Å². The third-order valence-corrected chi connectivity index (χ3v) is 5.24. The van der Waals surface area contributed by atoms with Crippen molar-refractivity contribution in [3.63, 3.8) is 0 Å². The number of nitrogens with zero attached hydrogens (tertiary/aromatic N) is 2. The van der Waals surface area contributed by atoms with Crippen molar-refractivity contribution in [3.8, 4) is 0 Å². The van der Waals surface area contributed by atoms with Crippen LogP contribution in [0.1, 0.15) is 18.4 Å². The van der Waals surface area contributed by atoms with Crippen molar-refractivity contribution < 1.29 is 14.3 Å². The van der Waals surface area contributed by atoms with E-state index < -0.39 is 0 Å². The number of rotatable bonds is 5. The van der Waals surface area contributed by atoms with Gasteiger partial charge in [0.15, 0.2) is 0 Å². The van der Waals surface area contributed by atoms with E-state index in [4.69, 9.17) is 4.74 Å². The fraction of sp³-hybridized carbons (Fsp3) is 0.524. The number of likely N-dealkylation sites (tertiary alicyclic amines) is 1. The number of carbonyl (C=O) groups excluding carboxylic acids is 2. The summed E-state index contributed by atoms with van der Waals surface area (Å²) in [5, 5.41) is 3.03. The van der Waals surface area contributed by atoms with Gasteiger partial charge in [-0.15, -0.1) is 0 Å².